The molecule has 0 saturated heterocycles. The van der Waals surface area contributed by atoms with E-state index in [2.05, 4.69) is 15.3 Å². The summed E-state index contributed by atoms with van der Waals surface area (Å²) < 4.78 is 16.0. The average Bonchev–Trinajstić information content (AvgIpc) is 3.22. The van der Waals surface area contributed by atoms with Crippen molar-refractivity contribution < 1.29 is 18.4 Å². The molecule has 0 saturated carbocycles. The number of aromatic nitrogens is 2. The summed E-state index contributed by atoms with van der Waals surface area (Å²) in [5.41, 5.74) is 2.74. The predicted octanol–water partition coefficient (Wildman–Crippen LogP) is 3.27. The van der Waals surface area contributed by atoms with E-state index in [4.69, 9.17) is 13.6 Å². The standard InChI is InChI=1S/C20H17N3O5/c1-11-14(22-19(27-11)13-5-3-4-6-16(13)26-2)10-18(24)21-12-7-8-17-15(9-12)23-20(25)28-17/h3-9H,10H2,1-2H3,(H,21,24)(H,23,25). The highest BCUT2D eigenvalue weighted by molar-refractivity contribution is 5.94. The van der Waals surface area contributed by atoms with E-state index in [-0.39, 0.29) is 12.3 Å². The van der Waals surface area contributed by atoms with Crippen molar-refractivity contribution in [3.63, 3.8) is 0 Å². The van der Waals surface area contributed by atoms with Gasteiger partial charge in [0.1, 0.15) is 11.5 Å². The van der Waals surface area contributed by atoms with Gasteiger partial charge < -0.3 is 18.9 Å². The maximum absolute atomic E-state index is 12.4. The van der Waals surface area contributed by atoms with Crippen LogP contribution in [0.15, 0.2) is 56.1 Å². The lowest BCUT2D eigenvalue weighted by Gasteiger charge is -2.04. The first-order valence-corrected chi connectivity index (χ1v) is 8.56. The second kappa shape index (κ2) is 7.07. The maximum atomic E-state index is 12.4. The van der Waals surface area contributed by atoms with Crippen molar-refractivity contribution >= 4 is 22.7 Å². The Balaban J connectivity index is 1.52. The summed E-state index contributed by atoms with van der Waals surface area (Å²) in [6.45, 7) is 1.76. The van der Waals surface area contributed by atoms with E-state index < -0.39 is 5.76 Å². The molecule has 0 unspecified atom stereocenters. The minimum absolute atomic E-state index is 0.0461. The number of hydrogen-bond acceptors (Lipinski definition) is 6. The van der Waals surface area contributed by atoms with Gasteiger partial charge in [-0.2, -0.15) is 0 Å². The Kier molecular flexibility index (Phi) is 4.44. The molecule has 2 N–H and O–H groups in total. The number of aryl methyl sites for hydroxylation is 1. The zero-order valence-corrected chi connectivity index (χ0v) is 15.2. The second-order valence-electron chi connectivity index (χ2n) is 6.17. The van der Waals surface area contributed by atoms with Crippen molar-refractivity contribution in [1.29, 1.82) is 0 Å². The van der Waals surface area contributed by atoms with Crippen LogP contribution < -0.4 is 15.8 Å². The molecule has 0 atom stereocenters. The summed E-state index contributed by atoms with van der Waals surface area (Å²) in [6.07, 6.45) is 0.0461. The number of methoxy groups -OCH3 is 1. The third kappa shape index (κ3) is 3.39. The van der Waals surface area contributed by atoms with E-state index >= 15 is 0 Å². The Hall–Kier alpha value is -3.81. The molecule has 142 valence electrons. The number of fused-ring (bicyclic) bond motifs is 1. The number of carbonyl (C=O) groups excluding carboxylic acids is 1. The molecule has 8 heteroatoms. The number of H-pyrrole nitrogens is 1. The zero-order chi connectivity index (χ0) is 19.7. The smallest absolute Gasteiger partial charge is 0.417 e. The molecule has 28 heavy (non-hydrogen) atoms. The number of para-hydroxylation sites is 1. The van der Waals surface area contributed by atoms with Crippen molar-refractivity contribution in [1.82, 2.24) is 9.97 Å². The Morgan fingerprint density at radius 2 is 2.04 bits per heavy atom. The molecule has 0 fully saturated rings. The Morgan fingerprint density at radius 3 is 2.86 bits per heavy atom. The van der Waals surface area contributed by atoms with Crippen LogP contribution in [0.1, 0.15) is 11.5 Å². The summed E-state index contributed by atoms with van der Waals surface area (Å²) in [6, 6.07) is 12.3. The maximum Gasteiger partial charge on any atom is 0.417 e. The molecule has 0 radical (unpaired) electrons. The molecule has 1 amide bonds. The van der Waals surface area contributed by atoms with Crippen LogP contribution in [-0.2, 0) is 11.2 Å². The van der Waals surface area contributed by atoms with Gasteiger partial charge in [-0.25, -0.2) is 9.78 Å². The topological polar surface area (TPSA) is 110 Å². The molecule has 0 aliphatic heterocycles. The number of benzene rings is 2. The first kappa shape index (κ1) is 17.6. The van der Waals surface area contributed by atoms with Gasteiger partial charge in [-0.05, 0) is 37.3 Å². The van der Waals surface area contributed by atoms with E-state index in [9.17, 15) is 9.59 Å². The van der Waals surface area contributed by atoms with Gasteiger partial charge in [0.15, 0.2) is 5.58 Å². The summed E-state index contributed by atoms with van der Waals surface area (Å²) in [7, 11) is 1.58. The molecule has 4 aromatic rings. The van der Waals surface area contributed by atoms with Crippen LogP contribution in [-0.4, -0.2) is 23.0 Å². The minimum Gasteiger partial charge on any atom is -0.496 e. The van der Waals surface area contributed by atoms with E-state index in [0.717, 1.165) is 0 Å². The van der Waals surface area contributed by atoms with Gasteiger partial charge in [-0.1, -0.05) is 12.1 Å². The highest BCUT2D eigenvalue weighted by Crippen LogP contribution is 2.30. The van der Waals surface area contributed by atoms with E-state index in [0.29, 0.717) is 45.4 Å². The largest absolute Gasteiger partial charge is 0.496 e. The molecule has 4 rings (SSSR count). The highest BCUT2D eigenvalue weighted by atomic mass is 16.5. The SMILES string of the molecule is COc1ccccc1-c1nc(CC(=O)Nc2ccc3oc(=O)[nH]c3c2)c(C)o1. The van der Waals surface area contributed by atoms with Crippen molar-refractivity contribution in [2.24, 2.45) is 0 Å². The fourth-order valence-electron chi connectivity index (χ4n) is 2.92. The molecule has 0 bridgehead atoms. The molecule has 8 nitrogen and oxygen atoms in total. The summed E-state index contributed by atoms with van der Waals surface area (Å²) >= 11 is 0. The van der Waals surface area contributed by atoms with Crippen LogP contribution in [0, 0.1) is 6.92 Å². The number of rotatable bonds is 5. The van der Waals surface area contributed by atoms with Gasteiger partial charge in [-0.3, -0.25) is 9.78 Å². The zero-order valence-electron chi connectivity index (χ0n) is 15.2. The fraction of sp³-hybridized carbons (Fsp3) is 0.150. The first-order valence-electron chi connectivity index (χ1n) is 8.56. The number of anilines is 1. The highest BCUT2D eigenvalue weighted by Gasteiger charge is 2.17. The second-order valence-corrected chi connectivity index (χ2v) is 6.17. The molecule has 0 aliphatic rings. The number of aromatic amines is 1. The lowest BCUT2D eigenvalue weighted by molar-refractivity contribution is -0.115. The molecule has 0 spiro atoms. The summed E-state index contributed by atoms with van der Waals surface area (Å²) in [4.78, 5) is 30.7. The van der Waals surface area contributed by atoms with Crippen LogP contribution in [0.5, 0.6) is 5.75 Å². The number of amides is 1. The lowest BCUT2D eigenvalue weighted by Crippen LogP contribution is -2.15. The van der Waals surface area contributed by atoms with E-state index in [1.165, 1.54) is 0 Å². The van der Waals surface area contributed by atoms with Crippen molar-refractivity contribution in [2.75, 3.05) is 12.4 Å². The number of hydrogen-bond donors (Lipinski definition) is 2. The van der Waals surface area contributed by atoms with E-state index in [1.807, 2.05) is 24.3 Å². The third-order valence-electron chi connectivity index (χ3n) is 4.26. The van der Waals surface area contributed by atoms with Gasteiger partial charge in [-0.15, -0.1) is 0 Å². The first-order chi connectivity index (χ1) is 13.5. The van der Waals surface area contributed by atoms with Gasteiger partial charge in [0.05, 0.1) is 30.3 Å². The Morgan fingerprint density at radius 1 is 1.21 bits per heavy atom. The Bertz CT molecular complexity index is 1220. The molecular formula is C20H17N3O5. The average molecular weight is 379 g/mol. The van der Waals surface area contributed by atoms with E-state index in [1.54, 1.807) is 32.2 Å². The van der Waals surface area contributed by atoms with Gasteiger partial charge in [0.2, 0.25) is 11.8 Å². The number of nitrogens with one attached hydrogen (secondary N) is 2. The predicted molar refractivity (Wildman–Crippen MR) is 102 cm³/mol. The van der Waals surface area contributed by atoms with Crippen molar-refractivity contribution in [3.05, 3.63) is 64.5 Å². The van der Waals surface area contributed by atoms with Crippen LogP contribution in [0.3, 0.4) is 0 Å². The van der Waals surface area contributed by atoms with Crippen LogP contribution in [0.2, 0.25) is 0 Å². The summed E-state index contributed by atoms with van der Waals surface area (Å²) in [5, 5.41) is 2.78. The molecule has 0 aliphatic carbocycles. The van der Waals surface area contributed by atoms with Crippen molar-refractivity contribution in [2.45, 2.75) is 13.3 Å². The van der Waals surface area contributed by atoms with Gasteiger partial charge in [0.25, 0.3) is 0 Å². The number of oxazole rings is 2. The monoisotopic (exact) mass is 379 g/mol. The lowest BCUT2D eigenvalue weighted by atomic mass is 10.2. The molecule has 2 heterocycles. The van der Waals surface area contributed by atoms with Crippen LogP contribution in [0.4, 0.5) is 5.69 Å². The van der Waals surface area contributed by atoms with Crippen LogP contribution >= 0.6 is 0 Å². The summed E-state index contributed by atoms with van der Waals surface area (Å²) in [5.74, 6) is 0.803. The molecule has 2 aromatic heterocycles. The number of ether oxygens (including phenoxy) is 1. The van der Waals surface area contributed by atoms with Crippen LogP contribution in [0.25, 0.3) is 22.6 Å². The number of carbonyl (C=O) groups is 1. The minimum atomic E-state index is -0.541. The number of nitrogens with zero attached hydrogens (tertiary/aromatic N) is 1. The Labute approximate surface area is 159 Å². The molecule has 2 aromatic carbocycles. The van der Waals surface area contributed by atoms with Crippen molar-refractivity contribution in [3.8, 4) is 17.2 Å². The van der Waals surface area contributed by atoms with Gasteiger partial charge >= 0.3 is 5.76 Å². The normalized spacial score (nSPS) is 10.9. The van der Waals surface area contributed by atoms with Gasteiger partial charge in [0, 0.05) is 5.69 Å². The fourth-order valence-corrected chi connectivity index (χ4v) is 2.92. The quantitative estimate of drug-likeness (QED) is 0.551. The third-order valence-corrected chi connectivity index (χ3v) is 4.26. The molecular weight excluding hydrogens is 362 g/mol.